The van der Waals surface area contributed by atoms with E-state index < -0.39 is 0 Å². The molecule has 0 radical (unpaired) electrons. The van der Waals surface area contributed by atoms with Crippen molar-refractivity contribution in [2.75, 3.05) is 25.5 Å². The van der Waals surface area contributed by atoms with Gasteiger partial charge in [-0.2, -0.15) is 0 Å². The smallest absolute Gasteiger partial charge is 0.0701 e. The monoisotopic (exact) mass is 366 g/mol. The molecule has 0 aliphatic carbocycles. The summed E-state index contributed by atoms with van der Waals surface area (Å²) in [7, 11) is 4.17. The van der Waals surface area contributed by atoms with Crippen molar-refractivity contribution in [3.05, 3.63) is 50.6 Å². The highest BCUT2D eigenvalue weighted by molar-refractivity contribution is 9.11. The Hall–Kier alpha value is -0.840. The molecule has 2 rings (SSSR count). The SMILES string of the molecule is CCCNC(Cc1ccc(Br)s1)c1cccc(N(C)C)c1. The summed E-state index contributed by atoms with van der Waals surface area (Å²) in [6, 6.07) is 13.5. The quantitative estimate of drug-likeness (QED) is 0.752. The summed E-state index contributed by atoms with van der Waals surface area (Å²) >= 11 is 5.37. The molecule has 2 nitrogen and oxygen atoms in total. The van der Waals surface area contributed by atoms with Crippen LogP contribution in [0.5, 0.6) is 0 Å². The van der Waals surface area contributed by atoms with Crippen LogP contribution in [0.4, 0.5) is 5.69 Å². The molecule has 0 fully saturated rings. The summed E-state index contributed by atoms with van der Waals surface area (Å²) in [5, 5.41) is 3.68. The van der Waals surface area contributed by atoms with Crippen molar-refractivity contribution in [2.24, 2.45) is 0 Å². The molecule has 21 heavy (non-hydrogen) atoms. The van der Waals surface area contributed by atoms with E-state index in [1.165, 1.54) is 19.9 Å². The molecule has 0 spiro atoms. The van der Waals surface area contributed by atoms with E-state index in [0.29, 0.717) is 6.04 Å². The molecule has 1 N–H and O–H groups in total. The number of hydrogen-bond acceptors (Lipinski definition) is 3. The third-order valence-corrected chi connectivity index (χ3v) is 5.11. The summed E-state index contributed by atoms with van der Waals surface area (Å²) in [6.45, 7) is 3.26. The minimum Gasteiger partial charge on any atom is -0.378 e. The number of nitrogens with zero attached hydrogens (tertiary/aromatic N) is 1. The molecular weight excluding hydrogens is 344 g/mol. The molecule has 1 aromatic heterocycles. The Morgan fingerprint density at radius 3 is 2.67 bits per heavy atom. The summed E-state index contributed by atoms with van der Waals surface area (Å²) < 4.78 is 1.20. The molecule has 0 aliphatic rings. The Morgan fingerprint density at radius 2 is 2.05 bits per heavy atom. The number of rotatable bonds is 7. The van der Waals surface area contributed by atoms with Gasteiger partial charge in [-0.15, -0.1) is 11.3 Å². The molecule has 1 unspecified atom stereocenters. The maximum absolute atomic E-state index is 3.68. The maximum Gasteiger partial charge on any atom is 0.0701 e. The topological polar surface area (TPSA) is 15.3 Å². The van der Waals surface area contributed by atoms with E-state index in [0.717, 1.165) is 19.4 Å². The van der Waals surface area contributed by atoms with E-state index in [1.54, 1.807) is 0 Å². The van der Waals surface area contributed by atoms with Crippen LogP contribution in [0, 0.1) is 0 Å². The van der Waals surface area contributed by atoms with E-state index in [2.05, 4.69) is 83.6 Å². The largest absolute Gasteiger partial charge is 0.378 e. The minimum atomic E-state index is 0.371. The van der Waals surface area contributed by atoms with Crippen molar-refractivity contribution in [3.8, 4) is 0 Å². The number of anilines is 1. The molecule has 0 bridgehead atoms. The van der Waals surface area contributed by atoms with Crippen LogP contribution in [-0.2, 0) is 6.42 Å². The first-order valence-corrected chi connectivity index (χ1v) is 8.96. The van der Waals surface area contributed by atoms with Crippen LogP contribution in [0.1, 0.15) is 29.8 Å². The summed E-state index contributed by atoms with van der Waals surface area (Å²) in [4.78, 5) is 3.56. The fraction of sp³-hybridized carbons (Fsp3) is 0.412. The molecule has 0 amide bonds. The van der Waals surface area contributed by atoms with E-state index in [9.17, 15) is 0 Å². The fourth-order valence-corrected chi connectivity index (χ4v) is 3.84. The highest BCUT2D eigenvalue weighted by atomic mass is 79.9. The minimum absolute atomic E-state index is 0.371. The molecule has 1 aromatic carbocycles. The molecule has 114 valence electrons. The highest BCUT2D eigenvalue weighted by Gasteiger charge is 2.13. The lowest BCUT2D eigenvalue weighted by Gasteiger charge is -2.21. The van der Waals surface area contributed by atoms with Gasteiger partial charge in [0.25, 0.3) is 0 Å². The summed E-state index contributed by atoms with van der Waals surface area (Å²) in [6.07, 6.45) is 2.19. The Balaban J connectivity index is 2.20. The zero-order chi connectivity index (χ0) is 15.2. The van der Waals surface area contributed by atoms with Crippen molar-refractivity contribution in [2.45, 2.75) is 25.8 Å². The van der Waals surface area contributed by atoms with E-state index in [4.69, 9.17) is 0 Å². The lowest BCUT2D eigenvalue weighted by atomic mass is 10.0. The standard InChI is InChI=1S/C17H23BrN2S/c1-4-10-19-16(12-15-8-9-17(18)21-15)13-6-5-7-14(11-13)20(2)3/h5-9,11,16,19H,4,10,12H2,1-3H3. The lowest BCUT2D eigenvalue weighted by Crippen LogP contribution is -2.24. The van der Waals surface area contributed by atoms with Gasteiger partial charge in [0.05, 0.1) is 3.79 Å². The van der Waals surface area contributed by atoms with Crippen LogP contribution >= 0.6 is 27.3 Å². The zero-order valence-corrected chi connectivity index (χ0v) is 15.3. The predicted molar refractivity (Wildman–Crippen MR) is 97.5 cm³/mol. The molecule has 2 aromatic rings. The van der Waals surface area contributed by atoms with Gasteiger partial charge in [-0.3, -0.25) is 0 Å². The highest BCUT2D eigenvalue weighted by Crippen LogP contribution is 2.28. The van der Waals surface area contributed by atoms with Crippen LogP contribution in [0.15, 0.2) is 40.2 Å². The van der Waals surface area contributed by atoms with E-state index in [1.807, 2.05) is 11.3 Å². The Bertz CT molecular complexity index is 565. The zero-order valence-electron chi connectivity index (χ0n) is 12.9. The van der Waals surface area contributed by atoms with Gasteiger partial charge in [0.2, 0.25) is 0 Å². The Kier molecular flexibility index (Phi) is 6.27. The van der Waals surface area contributed by atoms with Gasteiger partial charge in [-0.25, -0.2) is 0 Å². The fourth-order valence-electron chi connectivity index (χ4n) is 2.31. The van der Waals surface area contributed by atoms with Gasteiger partial charge in [0.15, 0.2) is 0 Å². The van der Waals surface area contributed by atoms with Gasteiger partial charge in [-0.05, 0) is 58.7 Å². The van der Waals surface area contributed by atoms with Gasteiger partial charge >= 0.3 is 0 Å². The normalized spacial score (nSPS) is 12.4. The van der Waals surface area contributed by atoms with Gasteiger partial charge in [-0.1, -0.05) is 19.1 Å². The second-order valence-corrected chi connectivity index (χ2v) is 7.95. The van der Waals surface area contributed by atoms with E-state index in [-0.39, 0.29) is 0 Å². The molecular formula is C17H23BrN2S. The average Bonchev–Trinajstić information content (AvgIpc) is 2.89. The second kappa shape index (κ2) is 7.97. The molecule has 1 atom stereocenters. The van der Waals surface area contributed by atoms with Crippen molar-refractivity contribution in [1.82, 2.24) is 5.32 Å². The van der Waals surface area contributed by atoms with Gasteiger partial charge in [0.1, 0.15) is 0 Å². The van der Waals surface area contributed by atoms with Crippen LogP contribution in [0.25, 0.3) is 0 Å². The number of halogens is 1. The molecule has 0 saturated carbocycles. The van der Waals surface area contributed by atoms with Crippen LogP contribution in [-0.4, -0.2) is 20.6 Å². The van der Waals surface area contributed by atoms with Crippen LogP contribution in [0.2, 0.25) is 0 Å². The first-order valence-electron chi connectivity index (χ1n) is 7.35. The first kappa shape index (κ1) is 16.5. The van der Waals surface area contributed by atoms with Crippen LogP contribution in [0.3, 0.4) is 0 Å². The van der Waals surface area contributed by atoms with Crippen molar-refractivity contribution in [1.29, 1.82) is 0 Å². The molecule has 4 heteroatoms. The number of thiophene rings is 1. The van der Waals surface area contributed by atoms with Crippen molar-refractivity contribution < 1.29 is 0 Å². The maximum atomic E-state index is 3.68. The van der Waals surface area contributed by atoms with Crippen molar-refractivity contribution in [3.63, 3.8) is 0 Å². The summed E-state index contributed by atoms with van der Waals surface area (Å²) in [5.41, 5.74) is 2.61. The number of nitrogens with one attached hydrogen (secondary N) is 1. The van der Waals surface area contributed by atoms with Gasteiger partial charge < -0.3 is 10.2 Å². The first-order chi connectivity index (χ1) is 10.1. The van der Waals surface area contributed by atoms with Gasteiger partial charge in [0, 0.05) is 37.1 Å². The third-order valence-electron chi connectivity index (χ3n) is 3.46. The molecule has 1 heterocycles. The Morgan fingerprint density at radius 1 is 1.24 bits per heavy atom. The predicted octanol–water partition coefficient (Wildman–Crippen LogP) is 4.86. The third kappa shape index (κ3) is 4.83. The Labute approximate surface area is 140 Å². The lowest BCUT2D eigenvalue weighted by molar-refractivity contribution is 0.532. The van der Waals surface area contributed by atoms with Crippen LogP contribution < -0.4 is 10.2 Å². The average molecular weight is 367 g/mol. The summed E-state index contributed by atoms with van der Waals surface area (Å²) in [5.74, 6) is 0. The molecule has 0 saturated heterocycles. The van der Waals surface area contributed by atoms with E-state index >= 15 is 0 Å². The second-order valence-electron chi connectivity index (χ2n) is 5.41. The number of benzene rings is 1. The number of hydrogen-bond donors (Lipinski definition) is 1. The molecule has 0 aliphatic heterocycles. The van der Waals surface area contributed by atoms with Crippen molar-refractivity contribution >= 4 is 33.0 Å².